The highest BCUT2D eigenvalue weighted by atomic mass is 31.2. The summed E-state index contributed by atoms with van der Waals surface area (Å²) in [4.78, 5) is 33.6. The van der Waals surface area contributed by atoms with Crippen molar-refractivity contribution in [1.82, 2.24) is 5.32 Å². The van der Waals surface area contributed by atoms with Gasteiger partial charge in [0.05, 0.1) is 13.2 Å². The molecule has 0 heterocycles. The van der Waals surface area contributed by atoms with Gasteiger partial charge in [0, 0.05) is 19.4 Å². The third kappa shape index (κ3) is 33.6. The molecule has 0 aliphatic carbocycles. The summed E-state index contributed by atoms with van der Waals surface area (Å²) in [5, 5.41) is 12.6. The zero-order chi connectivity index (χ0) is 34.0. The number of esters is 1. The molecule has 268 valence electrons. The first-order valence-electron chi connectivity index (χ1n) is 18.0. The predicted molar refractivity (Wildman–Crippen MR) is 187 cm³/mol. The number of aliphatic hydroxyl groups excluding tert-OH is 1. The number of hydrogen-bond donors (Lipinski definition) is 3. The van der Waals surface area contributed by atoms with Crippen LogP contribution in [-0.2, 0) is 27.9 Å². The average molecular weight is 672 g/mol. The van der Waals surface area contributed by atoms with Gasteiger partial charge in [-0.2, -0.15) is 0 Å². The zero-order valence-electron chi connectivity index (χ0n) is 29.0. The molecule has 2 atom stereocenters. The lowest BCUT2D eigenvalue weighted by atomic mass is 10.1. The Morgan fingerprint density at radius 1 is 0.674 bits per heavy atom. The third-order valence-corrected chi connectivity index (χ3v) is 8.28. The van der Waals surface area contributed by atoms with Crippen LogP contribution in [0.1, 0.15) is 149 Å². The van der Waals surface area contributed by atoms with Crippen LogP contribution in [0.15, 0.2) is 36.5 Å². The first-order chi connectivity index (χ1) is 22.3. The molecule has 3 N–H and O–H groups in total. The molecule has 2 unspecified atom stereocenters. The van der Waals surface area contributed by atoms with Crippen LogP contribution in [0.25, 0.3) is 0 Å². The molecule has 0 aromatic heterocycles. The number of rotatable bonds is 33. The van der Waals surface area contributed by atoms with E-state index >= 15 is 0 Å². The van der Waals surface area contributed by atoms with Gasteiger partial charge in [0.15, 0.2) is 0 Å². The molecule has 10 heteroatoms. The summed E-state index contributed by atoms with van der Waals surface area (Å²) in [6, 6.07) is 0. The fourth-order valence-corrected chi connectivity index (χ4v) is 5.25. The Morgan fingerprint density at radius 2 is 1.17 bits per heavy atom. The topological polar surface area (TPSA) is 131 Å². The predicted octanol–water partition coefficient (Wildman–Crippen LogP) is 9.04. The standard InChI is InChI=1S/C36H66NO8P/c1-3-5-7-9-11-13-15-16-17-19-21-23-25-27-29-36(40)43-32-34(38)33-45-46(41,42)44-31-30-37-35(39)28-26-24-22-20-18-14-12-10-8-6-4-2/h9-12,15-16,34,38H,3-8,13-14,17-33H2,1-2H3,(H,37,39)(H,41,42)/b11-9-,12-10-,16-15-. The minimum atomic E-state index is -4.41. The van der Waals surface area contributed by atoms with Gasteiger partial charge >= 0.3 is 13.8 Å². The van der Waals surface area contributed by atoms with Crippen LogP contribution in [0.5, 0.6) is 0 Å². The Morgan fingerprint density at radius 3 is 1.76 bits per heavy atom. The van der Waals surface area contributed by atoms with Crippen LogP contribution in [-0.4, -0.2) is 54.3 Å². The number of phosphoric ester groups is 1. The van der Waals surface area contributed by atoms with Crippen molar-refractivity contribution in [2.75, 3.05) is 26.4 Å². The van der Waals surface area contributed by atoms with Gasteiger partial charge in [-0.15, -0.1) is 0 Å². The number of unbranched alkanes of at least 4 members (excludes halogenated alkanes) is 14. The van der Waals surface area contributed by atoms with Crippen molar-refractivity contribution in [1.29, 1.82) is 0 Å². The van der Waals surface area contributed by atoms with Crippen molar-refractivity contribution in [3.8, 4) is 0 Å². The van der Waals surface area contributed by atoms with E-state index < -0.39 is 26.5 Å². The van der Waals surface area contributed by atoms with E-state index in [2.05, 4.69) is 55.6 Å². The fraction of sp³-hybridized carbons (Fsp3) is 0.778. The maximum Gasteiger partial charge on any atom is 0.472 e. The van der Waals surface area contributed by atoms with Crippen LogP contribution in [0, 0.1) is 0 Å². The molecule has 0 rings (SSSR count). The van der Waals surface area contributed by atoms with Crippen molar-refractivity contribution in [3.05, 3.63) is 36.5 Å². The van der Waals surface area contributed by atoms with E-state index in [4.69, 9.17) is 13.8 Å². The van der Waals surface area contributed by atoms with Gasteiger partial charge in [-0.05, 0) is 57.8 Å². The minimum absolute atomic E-state index is 0.0748. The van der Waals surface area contributed by atoms with Crippen molar-refractivity contribution >= 4 is 19.7 Å². The number of allylic oxidation sites excluding steroid dienone is 6. The molecule has 9 nitrogen and oxygen atoms in total. The van der Waals surface area contributed by atoms with Crippen LogP contribution in [0.4, 0.5) is 0 Å². The van der Waals surface area contributed by atoms with E-state index in [1.54, 1.807) is 0 Å². The Balaban J connectivity index is 3.68. The number of carbonyl (C=O) groups is 2. The number of phosphoric acid groups is 1. The van der Waals surface area contributed by atoms with Gasteiger partial charge in [-0.25, -0.2) is 4.57 Å². The molecule has 0 aliphatic heterocycles. The minimum Gasteiger partial charge on any atom is -0.463 e. The summed E-state index contributed by atoms with van der Waals surface area (Å²) in [6.07, 6.45) is 33.6. The number of hydrogen-bond acceptors (Lipinski definition) is 7. The lowest BCUT2D eigenvalue weighted by Gasteiger charge is -2.15. The number of nitrogens with one attached hydrogen (secondary N) is 1. The molecule has 0 saturated carbocycles. The van der Waals surface area contributed by atoms with E-state index in [9.17, 15) is 24.2 Å². The second kappa shape index (κ2) is 33.1. The maximum atomic E-state index is 12.0. The second-order valence-corrected chi connectivity index (χ2v) is 13.3. The van der Waals surface area contributed by atoms with Crippen LogP contribution >= 0.6 is 7.82 Å². The largest absolute Gasteiger partial charge is 0.472 e. The Labute approximate surface area is 280 Å². The highest BCUT2D eigenvalue weighted by molar-refractivity contribution is 7.47. The van der Waals surface area contributed by atoms with Crippen LogP contribution in [0.2, 0.25) is 0 Å². The molecule has 0 aliphatic rings. The summed E-state index contributed by atoms with van der Waals surface area (Å²) in [7, 11) is -4.41. The van der Waals surface area contributed by atoms with Gasteiger partial charge in [-0.3, -0.25) is 18.6 Å². The van der Waals surface area contributed by atoms with E-state index in [-0.39, 0.29) is 32.1 Å². The van der Waals surface area contributed by atoms with Crippen molar-refractivity contribution in [2.24, 2.45) is 0 Å². The summed E-state index contributed by atoms with van der Waals surface area (Å²) >= 11 is 0. The maximum absolute atomic E-state index is 12.0. The number of ether oxygens (including phenoxy) is 1. The van der Waals surface area contributed by atoms with Crippen LogP contribution < -0.4 is 5.32 Å². The quantitative estimate of drug-likeness (QED) is 0.0273. The molecule has 0 spiro atoms. The monoisotopic (exact) mass is 671 g/mol. The fourth-order valence-electron chi connectivity index (χ4n) is 4.49. The van der Waals surface area contributed by atoms with E-state index in [0.29, 0.717) is 6.42 Å². The molecule has 0 fully saturated rings. The Kier molecular flexibility index (Phi) is 31.9. The molecule has 0 bridgehead atoms. The van der Waals surface area contributed by atoms with E-state index in [1.165, 1.54) is 38.5 Å². The summed E-state index contributed by atoms with van der Waals surface area (Å²) < 4.78 is 26.7. The molecule has 0 radical (unpaired) electrons. The Hall–Kier alpha value is -1.77. The number of carbonyl (C=O) groups excluding carboxylic acids is 2. The van der Waals surface area contributed by atoms with E-state index in [1.807, 2.05) is 0 Å². The smallest absolute Gasteiger partial charge is 0.463 e. The first kappa shape index (κ1) is 44.2. The highest BCUT2D eigenvalue weighted by Crippen LogP contribution is 2.42. The highest BCUT2D eigenvalue weighted by Gasteiger charge is 2.23. The molecular weight excluding hydrogens is 605 g/mol. The van der Waals surface area contributed by atoms with Gasteiger partial charge in [0.25, 0.3) is 0 Å². The van der Waals surface area contributed by atoms with Crippen molar-refractivity contribution < 1.29 is 37.9 Å². The summed E-state index contributed by atoms with van der Waals surface area (Å²) in [5.74, 6) is -0.545. The number of amides is 1. The van der Waals surface area contributed by atoms with Gasteiger partial charge < -0.3 is 20.1 Å². The lowest BCUT2D eigenvalue weighted by molar-refractivity contribution is -0.147. The molecule has 0 aromatic carbocycles. The van der Waals surface area contributed by atoms with E-state index in [0.717, 1.165) is 83.5 Å². The molecule has 1 amide bonds. The molecule has 0 aromatic rings. The van der Waals surface area contributed by atoms with Crippen LogP contribution in [0.3, 0.4) is 0 Å². The van der Waals surface area contributed by atoms with Gasteiger partial charge in [0.1, 0.15) is 12.7 Å². The molecular formula is C36H66NO8P. The second-order valence-electron chi connectivity index (χ2n) is 11.8. The SMILES string of the molecule is CCCC/C=C\C/C=C\CCCCCCCC(=O)OCC(O)COP(=O)(O)OCCNC(=O)CCCCCCC/C=C\CCCC. The molecule has 0 saturated heterocycles. The van der Waals surface area contributed by atoms with Crippen molar-refractivity contribution in [2.45, 2.75) is 155 Å². The first-order valence-corrected chi connectivity index (χ1v) is 19.5. The third-order valence-electron chi connectivity index (χ3n) is 7.29. The normalized spacial score (nSPS) is 13.9. The Bertz CT molecular complexity index is 861. The van der Waals surface area contributed by atoms with Gasteiger partial charge in [-0.1, -0.05) is 115 Å². The molecule has 46 heavy (non-hydrogen) atoms. The summed E-state index contributed by atoms with van der Waals surface area (Å²) in [6.45, 7) is 3.42. The summed E-state index contributed by atoms with van der Waals surface area (Å²) in [5.41, 5.74) is 0. The zero-order valence-corrected chi connectivity index (χ0v) is 29.9. The average Bonchev–Trinajstić information content (AvgIpc) is 3.04. The lowest BCUT2D eigenvalue weighted by Crippen LogP contribution is -2.27. The van der Waals surface area contributed by atoms with Gasteiger partial charge in [0.2, 0.25) is 5.91 Å². The number of aliphatic hydroxyl groups is 1. The van der Waals surface area contributed by atoms with Crippen molar-refractivity contribution in [3.63, 3.8) is 0 Å².